The van der Waals surface area contributed by atoms with Crippen LogP contribution in [0, 0.1) is 0 Å². The fourth-order valence-electron chi connectivity index (χ4n) is 3.21. The maximum absolute atomic E-state index is 12.3. The van der Waals surface area contributed by atoms with E-state index in [1.54, 1.807) is 0 Å². The van der Waals surface area contributed by atoms with Gasteiger partial charge in [0.25, 0.3) is 0 Å². The summed E-state index contributed by atoms with van der Waals surface area (Å²) < 4.78 is 28.6. The van der Waals surface area contributed by atoms with E-state index in [4.69, 9.17) is 0 Å². The zero-order chi connectivity index (χ0) is 18.5. The van der Waals surface area contributed by atoms with E-state index in [9.17, 15) is 18.7 Å². The summed E-state index contributed by atoms with van der Waals surface area (Å²) in [6, 6.07) is 13.4. The van der Waals surface area contributed by atoms with Crippen LogP contribution in [-0.4, -0.2) is 42.2 Å². The number of anilines is 1. The summed E-state index contributed by atoms with van der Waals surface area (Å²) in [5.41, 5.74) is 2.73. The van der Waals surface area contributed by atoms with E-state index in [2.05, 4.69) is 10.1 Å². The molecule has 26 heavy (non-hydrogen) atoms. The van der Waals surface area contributed by atoms with Gasteiger partial charge in [-0.2, -0.15) is 8.78 Å². The average Bonchev–Trinajstić information content (AvgIpc) is 2.62. The molecule has 0 unspecified atom stereocenters. The Kier molecular flexibility index (Phi) is 5.80. The van der Waals surface area contributed by atoms with Crippen molar-refractivity contribution in [3.8, 4) is 5.75 Å². The highest BCUT2D eigenvalue weighted by Crippen LogP contribution is 2.29. The van der Waals surface area contributed by atoms with Crippen molar-refractivity contribution in [2.24, 2.45) is 0 Å². The summed E-state index contributed by atoms with van der Waals surface area (Å²) in [4.78, 5) is 14.3. The Bertz CT molecular complexity index is 753. The number of ether oxygens (including phenoxy) is 1. The molecule has 2 N–H and O–H groups in total. The smallest absolute Gasteiger partial charge is 0.387 e. The Hall–Kier alpha value is -2.51. The minimum absolute atomic E-state index is 0.0333. The summed E-state index contributed by atoms with van der Waals surface area (Å²) in [5.74, 6) is -0.198. The van der Waals surface area contributed by atoms with Crippen LogP contribution in [0.1, 0.15) is 17.2 Å². The van der Waals surface area contributed by atoms with Gasteiger partial charge in [-0.05, 0) is 41.8 Å². The molecule has 0 aromatic heterocycles. The molecule has 1 amide bonds. The number of nitrogens with zero attached hydrogens (tertiary/aromatic N) is 1. The van der Waals surface area contributed by atoms with E-state index in [1.807, 2.05) is 29.2 Å². The van der Waals surface area contributed by atoms with Crippen LogP contribution in [0.3, 0.4) is 0 Å². The molecule has 0 bridgehead atoms. The van der Waals surface area contributed by atoms with Crippen molar-refractivity contribution in [3.05, 3.63) is 59.7 Å². The van der Waals surface area contributed by atoms with E-state index in [1.165, 1.54) is 29.8 Å². The van der Waals surface area contributed by atoms with Gasteiger partial charge in [-0.15, -0.1) is 0 Å². The van der Waals surface area contributed by atoms with E-state index in [-0.39, 0.29) is 30.9 Å². The normalized spacial score (nSPS) is 17.0. The number of fused-ring (bicyclic) bond motifs is 1. The van der Waals surface area contributed by atoms with Gasteiger partial charge < -0.3 is 15.2 Å². The molecule has 0 saturated heterocycles. The lowest BCUT2D eigenvalue weighted by atomic mass is 9.93. The first-order valence-electron chi connectivity index (χ1n) is 8.34. The highest BCUT2D eigenvalue weighted by atomic mass is 19.3. The first-order chi connectivity index (χ1) is 12.6. The highest BCUT2D eigenvalue weighted by Gasteiger charge is 2.27. The number of hydrogen-bond acceptors (Lipinski definition) is 4. The number of aliphatic hydroxyl groups excluding tert-OH is 1. The predicted molar refractivity (Wildman–Crippen MR) is 93.2 cm³/mol. The Balaban J connectivity index is 1.61. The van der Waals surface area contributed by atoms with E-state index in [0.29, 0.717) is 12.2 Å². The van der Waals surface area contributed by atoms with Gasteiger partial charge >= 0.3 is 6.61 Å². The van der Waals surface area contributed by atoms with Gasteiger partial charge in [0, 0.05) is 12.2 Å². The van der Waals surface area contributed by atoms with Crippen molar-refractivity contribution >= 4 is 11.6 Å². The van der Waals surface area contributed by atoms with Crippen molar-refractivity contribution in [2.75, 3.05) is 25.0 Å². The summed E-state index contributed by atoms with van der Waals surface area (Å²) in [5, 5.41) is 12.5. The van der Waals surface area contributed by atoms with Crippen molar-refractivity contribution in [2.45, 2.75) is 19.1 Å². The van der Waals surface area contributed by atoms with Gasteiger partial charge in [0.15, 0.2) is 0 Å². The molecule has 0 saturated carbocycles. The molecule has 1 atom stereocenters. The highest BCUT2D eigenvalue weighted by molar-refractivity contribution is 5.92. The van der Waals surface area contributed by atoms with Crippen molar-refractivity contribution in [1.29, 1.82) is 0 Å². The first-order valence-corrected chi connectivity index (χ1v) is 8.34. The Morgan fingerprint density at radius 1 is 1.23 bits per heavy atom. The Labute approximate surface area is 150 Å². The molecule has 0 spiro atoms. The maximum Gasteiger partial charge on any atom is 0.387 e. The molecule has 5 nitrogen and oxygen atoms in total. The predicted octanol–water partition coefficient (Wildman–Crippen LogP) is 2.82. The number of rotatable bonds is 6. The molecule has 3 rings (SSSR count). The van der Waals surface area contributed by atoms with E-state index >= 15 is 0 Å². The third-order valence-electron chi connectivity index (χ3n) is 4.41. The third kappa shape index (κ3) is 4.36. The summed E-state index contributed by atoms with van der Waals surface area (Å²) in [6.07, 6.45) is 0.819. The van der Waals surface area contributed by atoms with Gasteiger partial charge in [0.2, 0.25) is 5.91 Å². The lowest BCUT2D eigenvalue weighted by Crippen LogP contribution is -2.42. The van der Waals surface area contributed by atoms with Gasteiger partial charge in [0.1, 0.15) is 5.75 Å². The summed E-state index contributed by atoms with van der Waals surface area (Å²) in [7, 11) is 0. The molecular formula is C19H20F2N2O3. The number of amides is 1. The minimum Gasteiger partial charge on any atom is -0.435 e. The van der Waals surface area contributed by atoms with Crippen LogP contribution in [0.15, 0.2) is 48.5 Å². The Morgan fingerprint density at radius 2 is 1.96 bits per heavy atom. The zero-order valence-electron chi connectivity index (χ0n) is 14.1. The van der Waals surface area contributed by atoms with Crippen LogP contribution in [0.5, 0.6) is 5.75 Å². The van der Waals surface area contributed by atoms with Crippen LogP contribution < -0.4 is 10.1 Å². The van der Waals surface area contributed by atoms with E-state index in [0.717, 1.165) is 12.0 Å². The molecule has 138 valence electrons. The molecule has 1 aliphatic heterocycles. The lowest BCUT2D eigenvalue weighted by Gasteiger charge is -2.35. The minimum atomic E-state index is -2.88. The summed E-state index contributed by atoms with van der Waals surface area (Å²) in [6.45, 7) is -2.14. The van der Waals surface area contributed by atoms with Crippen molar-refractivity contribution < 1.29 is 23.4 Å². The van der Waals surface area contributed by atoms with Crippen molar-refractivity contribution in [1.82, 2.24) is 4.90 Å². The lowest BCUT2D eigenvalue weighted by molar-refractivity contribution is -0.118. The quantitative estimate of drug-likeness (QED) is 0.830. The monoisotopic (exact) mass is 362 g/mol. The number of aliphatic hydroxyl groups is 1. The number of carbonyl (C=O) groups excluding carboxylic acids is 1. The van der Waals surface area contributed by atoms with Crippen LogP contribution in [-0.2, 0) is 11.2 Å². The molecule has 2 aromatic carbocycles. The largest absolute Gasteiger partial charge is 0.435 e. The van der Waals surface area contributed by atoms with Crippen LogP contribution in [0.4, 0.5) is 14.5 Å². The van der Waals surface area contributed by atoms with Crippen LogP contribution in [0.2, 0.25) is 0 Å². The van der Waals surface area contributed by atoms with Crippen LogP contribution >= 0.6 is 0 Å². The van der Waals surface area contributed by atoms with E-state index < -0.39 is 6.61 Å². The molecule has 0 aliphatic carbocycles. The van der Waals surface area contributed by atoms with Crippen LogP contribution in [0.25, 0.3) is 0 Å². The second kappa shape index (κ2) is 8.25. The van der Waals surface area contributed by atoms with Gasteiger partial charge in [-0.1, -0.05) is 24.3 Å². The SMILES string of the molecule is O=C(CN1CCc2ccccc2[C@H]1CO)Nc1ccc(OC(F)F)cc1. The molecule has 0 radical (unpaired) electrons. The average molecular weight is 362 g/mol. The number of nitrogens with one attached hydrogen (secondary N) is 1. The molecule has 2 aromatic rings. The topological polar surface area (TPSA) is 61.8 Å². The summed E-state index contributed by atoms with van der Waals surface area (Å²) >= 11 is 0. The molecule has 1 heterocycles. The number of benzene rings is 2. The molecule has 1 aliphatic rings. The number of hydrogen-bond donors (Lipinski definition) is 2. The standard InChI is InChI=1S/C19H20F2N2O3/c20-19(21)26-15-7-5-14(6-8-15)22-18(25)11-23-10-9-13-3-1-2-4-16(13)17(23)12-24/h1-8,17,19,24H,9-12H2,(H,22,25)/t17-/m1/s1. The molecule has 0 fully saturated rings. The second-order valence-electron chi connectivity index (χ2n) is 6.07. The number of alkyl halides is 2. The van der Waals surface area contributed by atoms with Crippen molar-refractivity contribution in [3.63, 3.8) is 0 Å². The first kappa shape index (κ1) is 18.3. The molecule has 7 heteroatoms. The zero-order valence-corrected chi connectivity index (χ0v) is 14.1. The fourth-order valence-corrected chi connectivity index (χ4v) is 3.21. The molecular weight excluding hydrogens is 342 g/mol. The van der Waals surface area contributed by atoms with Gasteiger partial charge in [-0.25, -0.2) is 0 Å². The Morgan fingerprint density at radius 3 is 2.65 bits per heavy atom. The number of carbonyl (C=O) groups is 1. The third-order valence-corrected chi connectivity index (χ3v) is 4.41. The second-order valence-corrected chi connectivity index (χ2v) is 6.07. The fraction of sp³-hybridized carbons (Fsp3) is 0.316. The van der Waals surface area contributed by atoms with Gasteiger partial charge in [0.05, 0.1) is 19.2 Å². The number of halogens is 2. The van der Waals surface area contributed by atoms with Gasteiger partial charge in [-0.3, -0.25) is 9.69 Å². The maximum atomic E-state index is 12.3.